The van der Waals surface area contributed by atoms with E-state index >= 15 is 0 Å². The molecular formula is C24H23ClN6O2. The molecule has 1 aliphatic heterocycles. The number of carbonyl (C=O) groups is 1. The van der Waals surface area contributed by atoms with Gasteiger partial charge in [-0.3, -0.25) is 4.79 Å². The SMILES string of the molecule is CC(=O)N1CCC(c2cnc(N)c(-c3ncc(-c4ccc(Cl)cc4)o3)c2)CC1n1cccn1. The van der Waals surface area contributed by atoms with Crippen LogP contribution in [0.1, 0.15) is 37.4 Å². The van der Waals surface area contributed by atoms with Crippen molar-refractivity contribution >= 4 is 23.3 Å². The van der Waals surface area contributed by atoms with E-state index in [2.05, 4.69) is 15.1 Å². The maximum Gasteiger partial charge on any atom is 0.230 e. The van der Waals surface area contributed by atoms with Crippen molar-refractivity contribution in [2.75, 3.05) is 12.3 Å². The second-order valence-electron chi connectivity index (χ2n) is 8.14. The Morgan fingerprint density at radius 3 is 2.76 bits per heavy atom. The lowest BCUT2D eigenvalue weighted by molar-refractivity contribution is -0.135. The largest absolute Gasteiger partial charge is 0.436 e. The molecule has 9 heteroatoms. The van der Waals surface area contributed by atoms with Crippen molar-refractivity contribution in [1.29, 1.82) is 0 Å². The number of aromatic nitrogens is 4. The number of oxazole rings is 1. The van der Waals surface area contributed by atoms with Gasteiger partial charge in [0.1, 0.15) is 12.0 Å². The van der Waals surface area contributed by atoms with Gasteiger partial charge >= 0.3 is 0 Å². The monoisotopic (exact) mass is 462 g/mol. The molecule has 4 heterocycles. The summed E-state index contributed by atoms with van der Waals surface area (Å²) in [6.07, 6.45) is 8.50. The van der Waals surface area contributed by atoms with E-state index in [1.807, 2.05) is 40.0 Å². The number of pyridine rings is 1. The number of likely N-dealkylation sites (tertiary alicyclic amines) is 1. The molecule has 4 aromatic rings. The van der Waals surface area contributed by atoms with Gasteiger partial charge in [-0.15, -0.1) is 0 Å². The molecule has 0 spiro atoms. The predicted octanol–water partition coefficient (Wildman–Crippen LogP) is 4.76. The van der Waals surface area contributed by atoms with Gasteiger partial charge in [0.25, 0.3) is 0 Å². The van der Waals surface area contributed by atoms with Crippen molar-refractivity contribution < 1.29 is 9.21 Å². The molecule has 2 atom stereocenters. The molecule has 1 fully saturated rings. The quantitative estimate of drug-likeness (QED) is 0.469. The predicted molar refractivity (Wildman–Crippen MR) is 125 cm³/mol. The third-order valence-electron chi connectivity index (χ3n) is 6.08. The zero-order valence-corrected chi connectivity index (χ0v) is 18.8. The van der Waals surface area contributed by atoms with Gasteiger partial charge in [0.15, 0.2) is 5.76 Å². The highest BCUT2D eigenvalue weighted by Gasteiger charge is 2.32. The lowest BCUT2D eigenvalue weighted by Crippen LogP contribution is -2.42. The first-order valence-corrected chi connectivity index (χ1v) is 11.1. The normalized spacial score (nSPS) is 18.4. The molecule has 1 saturated heterocycles. The van der Waals surface area contributed by atoms with E-state index in [-0.39, 0.29) is 18.0 Å². The number of carbonyl (C=O) groups excluding carboxylic acids is 1. The first-order chi connectivity index (χ1) is 16.0. The number of nitrogens with zero attached hydrogens (tertiary/aromatic N) is 5. The Labute approximate surface area is 196 Å². The Bertz CT molecular complexity index is 1270. The highest BCUT2D eigenvalue weighted by molar-refractivity contribution is 6.30. The summed E-state index contributed by atoms with van der Waals surface area (Å²) >= 11 is 5.98. The number of rotatable bonds is 4. The van der Waals surface area contributed by atoms with Crippen LogP contribution in [0.3, 0.4) is 0 Å². The fraction of sp³-hybridized carbons (Fsp3) is 0.250. The minimum Gasteiger partial charge on any atom is -0.436 e. The lowest BCUT2D eigenvalue weighted by atomic mass is 9.88. The van der Waals surface area contributed by atoms with E-state index < -0.39 is 0 Å². The Hall–Kier alpha value is -3.65. The molecule has 1 aromatic carbocycles. The third-order valence-corrected chi connectivity index (χ3v) is 6.34. The van der Waals surface area contributed by atoms with Gasteiger partial charge in [-0.2, -0.15) is 5.10 Å². The molecule has 1 amide bonds. The van der Waals surface area contributed by atoms with E-state index in [4.69, 9.17) is 21.8 Å². The smallest absolute Gasteiger partial charge is 0.230 e. The van der Waals surface area contributed by atoms with E-state index in [9.17, 15) is 4.79 Å². The van der Waals surface area contributed by atoms with Crippen LogP contribution >= 0.6 is 11.6 Å². The molecule has 8 nitrogen and oxygen atoms in total. The molecule has 2 N–H and O–H groups in total. The molecule has 2 unspecified atom stereocenters. The lowest BCUT2D eigenvalue weighted by Gasteiger charge is -2.39. The molecule has 0 saturated carbocycles. The number of nitrogens with two attached hydrogens (primary N) is 1. The van der Waals surface area contributed by atoms with Crippen LogP contribution in [0, 0.1) is 0 Å². The average molecular weight is 463 g/mol. The van der Waals surface area contributed by atoms with Crippen molar-refractivity contribution in [1.82, 2.24) is 24.6 Å². The van der Waals surface area contributed by atoms with Crippen LogP contribution in [0.15, 0.2) is 65.6 Å². The van der Waals surface area contributed by atoms with Crippen molar-refractivity contribution in [3.05, 3.63) is 71.8 Å². The minimum absolute atomic E-state index is 0.0413. The summed E-state index contributed by atoms with van der Waals surface area (Å²) in [6, 6.07) is 11.2. The van der Waals surface area contributed by atoms with Gasteiger partial charge in [-0.1, -0.05) is 11.6 Å². The van der Waals surface area contributed by atoms with E-state index in [1.165, 1.54) is 0 Å². The Kier molecular flexibility index (Phi) is 5.60. The van der Waals surface area contributed by atoms with E-state index in [1.54, 1.807) is 37.6 Å². The van der Waals surface area contributed by atoms with Gasteiger partial charge in [0.05, 0.1) is 11.8 Å². The number of piperidine rings is 1. The second-order valence-corrected chi connectivity index (χ2v) is 8.57. The van der Waals surface area contributed by atoms with Crippen LogP contribution in [0.4, 0.5) is 5.82 Å². The topological polar surface area (TPSA) is 103 Å². The Morgan fingerprint density at radius 1 is 1.21 bits per heavy atom. The molecular weight excluding hydrogens is 440 g/mol. The summed E-state index contributed by atoms with van der Waals surface area (Å²) in [5, 5.41) is 5.03. The summed E-state index contributed by atoms with van der Waals surface area (Å²) < 4.78 is 7.85. The van der Waals surface area contributed by atoms with Crippen LogP contribution in [-0.2, 0) is 4.79 Å². The van der Waals surface area contributed by atoms with Crippen molar-refractivity contribution in [3.63, 3.8) is 0 Å². The van der Waals surface area contributed by atoms with Gasteiger partial charge < -0.3 is 15.1 Å². The minimum atomic E-state index is -0.143. The summed E-state index contributed by atoms with van der Waals surface area (Å²) in [7, 11) is 0. The third kappa shape index (κ3) is 4.21. The van der Waals surface area contributed by atoms with Crippen LogP contribution in [-0.4, -0.2) is 37.1 Å². The fourth-order valence-corrected chi connectivity index (χ4v) is 4.48. The Morgan fingerprint density at radius 2 is 2.03 bits per heavy atom. The molecule has 168 valence electrons. The van der Waals surface area contributed by atoms with Gasteiger partial charge in [-0.05, 0) is 60.7 Å². The molecule has 3 aromatic heterocycles. The number of benzene rings is 1. The number of anilines is 1. The summed E-state index contributed by atoms with van der Waals surface area (Å²) in [6.45, 7) is 2.24. The number of hydrogen-bond acceptors (Lipinski definition) is 6. The molecule has 33 heavy (non-hydrogen) atoms. The summed E-state index contributed by atoms with van der Waals surface area (Å²) in [4.78, 5) is 22.9. The molecule has 0 bridgehead atoms. The standard InChI is InChI=1S/C24H23ClN6O2/c1-15(32)30-10-7-17(12-22(30)31-9-2-8-29-31)18-11-20(23(26)27-13-18)24-28-14-21(33-24)16-3-5-19(25)6-4-16/h2-6,8-9,11,13-14,17,22H,7,10,12H2,1H3,(H2,26,27). The average Bonchev–Trinajstić information content (AvgIpc) is 3.52. The first-order valence-electron chi connectivity index (χ1n) is 10.7. The molecule has 1 aliphatic rings. The maximum absolute atomic E-state index is 12.2. The van der Waals surface area contributed by atoms with Gasteiger partial charge in [-0.25, -0.2) is 14.6 Å². The highest BCUT2D eigenvalue weighted by Crippen LogP contribution is 2.38. The Balaban J connectivity index is 1.43. The van der Waals surface area contributed by atoms with Gasteiger partial charge in [0, 0.05) is 42.6 Å². The summed E-state index contributed by atoms with van der Waals surface area (Å²) in [5.74, 6) is 1.62. The maximum atomic E-state index is 12.2. The zero-order valence-electron chi connectivity index (χ0n) is 18.1. The van der Waals surface area contributed by atoms with E-state index in [0.717, 1.165) is 24.0 Å². The number of amides is 1. The summed E-state index contributed by atoms with van der Waals surface area (Å²) in [5.41, 5.74) is 8.75. The van der Waals surface area contributed by atoms with Crippen molar-refractivity contribution in [3.8, 4) is 22.8 Å². The first kappa shape index (κ1) is 21.2. The van der Waals surface area contributed by atoms with Crippen molar-refractivity contribution in [2.24, 2.45) is 0 Å². The molecule has 5 rings (SSSR count). The fourth-order valence-electron chi connectivity index (χ4n) is 4.35. The molecule has 0 aliphatic carbocycles. The molecule has 0 radical (unpaired) electrons. The number of halogens is 1. The van der Waals surface area contributed by atoms with E-state index in [0.29, 0.717) is 34.6 Å². The highest BCUT2D eigenvalue weighted by atomic mass is 35.5. The number of nitrogen functional groups attached to an aromatic ring is 1. The second kappa shape index (κ2) is 8.71. The van der Waals surface area contributed by atoms with Crippen LogP contribution in [0.2, 0.25) is 5.02 Å². The van der Waals surface area contributed by atoms with Crippen LogP contribution < -0.4 is 5.73 Å². The number of hydrogen-bond donors (Lipinski definition) is 1. The zero-order chi connectivity index (χ0) is 22.9. The van der Waals surface area contributed by atoms with Crippen LogP contribution in [0.5, 0.6) is 0 Å². The van der Waals surface area contributed by atoms with Crippen molar-refractivity contribution in [2.45, 2.75) is 31.8 Å². The van der Waals surface area contributed by atoms with Gasteiger partial charge in [0.2, 0.25) is 11.8 Å². The van der Waals surface area contributed by atoms with Crippen LogP contribution in [0.25, 0.3) is 22.8 Å².